The fourth-order valence-electron chi connectivity index (χ4n) is 4.61. The van der Waals surface area contributed by atoms with Crippen LogP contribution < -0.4 is 5.56 Å². The molecule has 1 aliphatic heterocycles. The van der Waals surface area contributed by atoms with E-state index < -0.39 is 0 Å². The van der Waals surface area contributed by atoms with Crippen molar-refractivity contribution in [3.05, 3.63) is 76.7 Å². The Morgan fingerprint density at radius 2 is 1.65 bits per heavy atom. The van der Waals surface area contributed by atoms with Crippen LogP contribution in [0.2, 0.25) is 0 Å². The van der Waals surface area contributed by atoms with Gasteiger partial charge in [0.15, 0.2) is 0 Å². The molecular formula is C27H29N5O2. The average molecular weight is 456 g/mol. The zero-order chi connectivity index (χ0) is 23.7. The van der Waals surface area contributed by atoms with Crippen LogP contribution >= 0.6 is 0 Å². The number of hydrogen-bond acceptors (Lipinski definition) is 4. The highest BCUT2D eigenvalue weighted by molar-refractivity contribution is 5.98. The number of benzene rings is 1. The maximum absolute atomic E-state index is 13.3. The summed E-state index contributed by atoms with van der Waals surface area (Å²) in [4.78, 5) is 27.7. The van der Waals surface area contributed by atoms with Crippen molar-refractivity contribution in [2.75, 3.05) is 13.1 Å². The summed E-state index contributed by atoms with van der Waals surface area (Å²) in [6.45, 7) is 5.47. The van der Waals surface area contributed by atoms with Crippen molar-refractivity contribution in [3.63, 3.8) is 0 Å². The maximum atomic E-state index is 13.3. The standard InChI is InChI=1S/C27H29N5O2/c1-19(2)32-24(33)13-12-22(28-32)25-23-18-21(27(34)30-15-8-3-4-9-16-30)14-17-31(23)29-26(25)20-10-6-5-7-11-20/h5-7,10-14,17-19H,3-4,8-9,15-16H2,1-2H3. The molecular weight excluding hydrogens is 426 g/mol. The van der Waals surface area contributed by atoms with Crippen LogP contribution in [-0.2, 0) is 0 Å². The minimum atomic E-state index is -0.145. The zero-order valence-electron chi connectivity index (χ0n) is 19.6. The molecule has 7 nitrogen and oxygen atoms in total. The van der Waals surface area contributed by atoms with E-state index in [2.05, 4.69) is 5.10 Å². The summed E-state index contributed by atoms with van der Waals surface area (Å²) in [5, 5.41) is 9.53. The molecule has 0 aliphatic carbocycles. The Balaban J connectivity index is 1.69. The van der Waals surface area contributed by atoms with Gasteiger partial charge in [0.05, 0.1) is 22.8 Å². The largest absolute Gasteiger partial charge is 0.339 e. The fraction of sp³-hybridized carbons (Fsp3) is 0.333. The smallest absolute Gasteiger partial charge is 0.267 e. The first kappa shape index (κ1) is 22.1. The summed E-state index contributed by atoms with van der Waals surface area (Å²) < 4.78 is 3.28. The van der Waals surface area contributed by atoms with Gasteiger partial charge < -0.3 is 4.90 Å². The highest BCUT2D eigenvalue weighted by Gasteiger charge is 2.22. The van der Waals surface area contributed by atoms with E-state index in [0.29, 0.717) is 11.3 Å². The van der Waals surface area contributed by atoms with E-state index in [4.69, 9.17) is 5.10 Å². The number of rotatable bonds is 4. The Morgan fingerprint density at radius 1 is 0.912 bits per heavy atom. The van der Waals surface area contributed by atoms with Crippen LogP contribution in [0.15, 0.2) is 65.6 Å². The predicted molar refractivity (Wildman–Crippen MR) is 133 cm³/mol. The molecule has 34 heavy (non-hydrogen) atoms. The molecule has 4 aromatic rings. The van der Waals surface area contributed by atoms with E-state index in [1.54, 1.807) is 16.6 Å². The molecule has 1 amide bonds. The first-order valence-electron chi connectivity index (χ1n) is 12.0. The van der Waals surface area contributed by atoms with Crippen molar-refractivity contribution in [1.82, 2.24) is 24.3 Å². The Hall–Kier alpha value is -3.74. The van der Waals surface area contributed by atoms with Crippen LogP contribution in [0.4, 0.5) is 0 Å². The van der Waals surface area contributed by atoms with Crippen molar-refractivity contribution in [3.8, 4) is 22.5 Å². The minimum Gasteiger partial charge on any atom is -0.339 e. The molecule has 0 unspecified atom stereocenters. The number of carbonyl (C=O) groups excluding carboxylic acids is 1. The lowest BCUT2D eigenvalue weighted by Gasteiger charge is -2.20. The summed E-state index contributed by atoms with van der Waals surface area (Å²) in [5.74, 6) is 0.0536. The van der Waals surface area contributed by atoms with Gasteiger partial charge in [0.25, 0.3) is 11.5 Å². The summed E-state index contributed by atoms with van der Waals surface area (Å²) >= 11 is 0. The normalized spacial score (nSPS) is 14.5. The van der Waals surface area contributed by atoms with Crippen molar-refractivity contribution in [1.29, 1.82) is 0 Å². The molecule has 0 radical (unpaired) electrons. The third kappa shape index (κ3) is 4.14. The van der Waals surface area contributed by atoms with Gasteiger partial charge in [-0.25, -0.2) is 9.20 Å². The molecule has 7 heteroatoms. The van der Waals surface area contributed by atoms with Gasteiger partial charge in [-0.05, 0) is 44.9 Å². The number of nitrogens with zero attached hydrogens (tertiary/aromatic N) is 5. The maximum Gasteiger partial charge on any atom is 0.267 e. The Morgan fingerprint density at radius 3 is 2.35 bits per heavy atom. The van der Waals surface area contributed by atoms with Gasteiger partial charge in [0.2, 0.25) is 0 Å². The molecule has 0 spiro atoms. The lowest BCUT2D eigenvalue weighted by molar-refractivity contribution is 0.0761. The molecule has 174 valence electrons. The van der Waals surface area contributed by atoms with Gasteiger partial charge in [0.1, 0.15) is 5.69 Å². The summed E-state index contributed by atoms with van der Waals surface area (Å²) in [5.41, 5.74) is 4.47. The molecule has 0 saturated carbocycles. The van der Waals surface area contributed by atoms with Crippen molar-refractivity contribution in [2.24, 2.45) is 0 Å². The third-order valence-corrected chi connectivity index (χ3v) is 6.39. The lowest BCUT2D eigenvalue weighted by Crippen LogP contribution is -2.31. The number of amides is 1. The van der Waals surface area contributed by atoms with Crippen LogP contribution in [0.1, 0.15) is 55.9 Å². The Labute approximate surface area is 198 Å². The van der Waals surface area contributed by atoms with Gasteiger partial charge in [-0.15, -0.1) is 0 Å². The Bertz CT molecular complexity index is 1380. The number of hydrogen-bond donors (Lipinski definition) is 0. The monoisotopic (exact) mass is 455 g/mol. The van der Waals surface area contributed by atoms with Crippen LogP contribution in [0.25, 0.3) is 28.0 Å². The number of pyridine rings is 1. The van der Waals surface area contributed by atoms with Gasteiger partial charge in [-0.2, -0.15) is 10.2 Å². The Kier molecular flexibility index (Phi) is 6.01. The van der Waals surface area contributed by atoms with Crippen molar-refractivity contribution in [2.45, 2.75) is 45.6 Å². The number of likely N-dealkylation sites (tertiary alicyclic amines) is 1. The molecule has 0 bridgehead atoms. The van der Waals surface area contributed by atoms with E-state index in [1.807, 2.05) is 67.4 Å². The first-order chi connectivity index (χ1) is 16.5. The highest BCUT2D eigenvalue weighted by Crippen LogP contribution is 2.34. The second kappa shape index (κ2) is 9.25. The van der Waals surface area contributed by atoms with Crippen LogP contribution in [0.3, 0.4) is 0 Å². The van der Waals surface area contributed by atoms with E-state index in [1.165, 1.54) is 17.5 Å². The second-order valence-corrected chi connectivity index (χ2v) is 9.14. The molecule has 1 aliphatic rings. The van der Waals surface area contributed by atoms with E-state index in [9.17, 15) is 9.59 Å². The van der Waals surface area contributed by atoms with E-state index in [-0.39, 0.29) is 17.5 Å². The third-order valence-electron chi connectivity index (χ3n) is 6.39. The first-order valence-corrected chi connectivity index (χ1v) is 12.0. The van der Waals surface area contributed by atoms with Crippen molar-refractivity contribution < 1.29 is 4.79 Å². The van der Waals surface area contributed by atoms with E-state index >= 15 is 0 Å². The fourth-order valence-corrected chi connectivity index (χ4v) is 4.61. The SMILES string of the molecule is CC(C)n1nc(-c2c(-c3ccccc3)nn3ccc(C(=O)N4CCCCCC4)cc23)ccc1=O. The van der Waals surface area contributed by atoms with Crippen molar-refractivity contribution >= 4 is 11.4 Å². The number of fused-ring (bicyclic) bond motifs is 1. The molecule has 1 saturated heterocycles. The van der Waals surface area contributed by atoms with Crippen LogP contribution in [0.5, 0.6) is 0 Å². The van der Waals surface area contributed by atoms with Gasteiger partial charge in [-0.1, -0.05) is 43.2 Å². The second-order valence-electron chi connectivity index (χ2n) is 9.14. The highest BCUT2D eigenvalue weighted by atomic mass is 16.2. The molecule has 0 N–H and O–H groups in total. The zero-order valence-corrected chi connectivity index (χ0v) is 19.6. The molecule has 4 heterocycles. The topological polar surface area (TPSA) is 72.5 Å². The van der Waals surface area contributed by atoms with Gasteiger partial charge >= 0.3 is 0 Å². The molecule has 1 aromatic carbocycles. The molecule has 0 atom stereocenters. The number of aromatic nitrogens is 4. The summed E-state index contributed by atoms with van der Waals surface area (Å²) in [6, 6.07) is 16.9. The molecule has 5 rings (SSSR count). The molecule has 3 aromatic heterocycles. The predicted octanol–water partition coefficient (Wildman–Crippen LogP) is 4.82. The summed E-state index contributed by atoms with van der Waals surface area (Å²) in [6.07, 6.45) is 6.28. The van der Waals surface area contributed by atoms with Crippen LogP contribution in [0, 0.1) is 0 Å². The van der Waals surface area contributed by atoms with Gasteiger partial charge in [-0.3, -0.25) is 9.59 Å². The average Bonchev–Trinajstić information content (AvgIpc) is 3.02. The minimum absolute atomic E-state index is 0.0536. The van der Waals surface area contributed by atoms with Crippen LogP contribution in [-0.4, -0.2) is 43.3 Å². The quantitative estimate of drug-likeness (QED) is 0.442. The number of carbonyl (C=O) groups is 1. The molecule has 1 fully saturated rings. The van der Waals surface area contributed by atoms with E-state index in [0.717, 1.165) is 48.3 Å². The lowest BCUT2D eigenvalue weighted by atomic mass is 10.0. The van der Waals surface area contributed by atoms with Gasteiger partial charge in [0, 0.05) is 36.5 Å². The summed E-state index contributed by atoms with van der Waals surface area (Å²) in [7, 11) is 0.